The number of halogens is 1. The maximum absolute atomic E-state index is 12.5. The highest BCUT2D eigenvalue weighted by atomic mass is 35.5. The summed E-state index contributed by atoms with van der Waals surface area (Å²) in [6.45, 7) is 1.75. The fourth-order valence-electron chi connectivity index (χ4n) is 5.39. The van der Waals surface area contributed by atoms with Crippen molar-refractivity contribution in [2.24, 2.45) is 30.0 Å². The van der Waals surface area contributed by atoms with E-state index in [1.54, 1.807) is 24.0 Å². The summed E-state index contributed by atoms with van der Waals surface area (Å²) in [5.74, 6) is 1.28. The lowest BCUT2D eigenvalue weighted by molar-refractivity contribution is -0.126. The Bertz CT molecular complexity index is 1290. The van der Waals surface area contributed by atoms with Gasteiger partial charge in [-0.15, -0.1) is 0 Å². The van der Waals surface area contributed by atoms with Gasteiger partial charge in [0.2, 0.25) is 5.91 Å². The minimum absolute atomic E-state index is 0.0127. The number of nitrogens with two attached hydrogens (primary N) is 2. The van der Waals surface area contributed by atoms with Crippen LogP contribution in [0.2, 0.25) is 5.02 Å². The highest BCUT2D eigenvalue weighted by Gasteiger charge is 2.69. The normalized spacial score (nSPS) is 23.9. The van der Waals surface area contributed by atoms with E-state index >= 15 is 0 Å². The van der Waals surface area contributed by atoms with Crippen LogP contribution in [-0.2, 0) is 11.8 Å². The van der Waals surface area contributed by atoms with Gasteiger partial charge in [0.25, 0.3) is 0 Å². The quantitative estimate of drug-likeness (QED) is 0.411. The highest BCUT2D eigenvalue weighted by Crippen LogP contribution is 2.62. The molecule has 2 aromatic heterocycles. The maximum Gasteiger partial charge on any atom is 0.227 e. The third kappa shape index (κ3) is 3.16. The minimum Gasteiger partial charge on any atom is -0.382 e. The Morgan fingerprint density at radius 3 is 2.88 bits per heavy atom. The minimum atomic E-state index is -0.494. The molecule has 1 aliphatic heterocycles. The number of hydrogen-bond donors (Lipinski definition) is 4. The first-order valence-electron chi connectivity index (χ1n) is 10.8. The number of nitrogens with zero attached hydrogens (tertiary/aromatic N) is 5. The first-order chi connectivity index (χ1) is 15.8. The smallest absolute Gasteiger partial charge is 0.227 e. The predicted molar refractivity (Wildman–Crippen MR) is 127 cm³/mol. The lowest BCUT2D eigenvalue weighted by Crippen LogP contribution is -2.38. The second kappa shape index (κ2) is 7.67. The Hall–Kier alpha value is -3.24. The van der Waals surface area contributed by atoms with Gasteiger partial charge in [-0.1, -0.05) is 11.6 Å². The number of nitrogen functional groups attached to an aromatic ring is 1. The summed E-state index contributed by atoms with van der Waals surface area (Å²) in [4.78, 5) is 23.6. The van der Waals surface area contributed by atoms with Crippen molar-refractivity contribution in [2.45, 2.75) is 6.42 Å². The van der Waals surface area contributed by atoms with E-state index < -0.39 is 5.41 Å². The second-order valence-corrected chi connectivity index (χ2v) is 9.15. The molecule has 1 aliphatic carbocycles. The number of aromatic nitrogens is 4. The molecule has 6 N–H and O–H groups in total. The zero-order valence-electron chi connectivity index (χ0n) is 18.5. The number of carbonyl (C=O) groups excluding carboxylic acids is 1. The fourth-order valence-corrected chi connectivity index (χ4v) is 5.69. The molecule has 3 unspecified atom stereocenters. The molecule has 172 valence electrons. The van der Waals surface area contributed by atoms with E-state index in [4.69, 9.17) is 28.5 Å². The van der Waals surface area contributed by atoms with Gasteiger partial charge in [0.15, 0.2) is 5.82 Å². The van der Waals surface area contributed by atoms with Crippen LogP contribution >= 0.6 is 11.6 Å². The van der Waals surface area contributed by atoms with Crippen LogP contribution < -0.4 is 21.7 Å². The van der Waals surface area contributed by atoms with Crippen LogP contribution in [0.5, 0.6) is 0 Å². The van der Waals surface area contributed by atoms with Crippen molar-refractivity contribution in [3.63, 3.8) is 0 Å². The Kier molecular flexibility index (Phi) is 5.02. The standard InChI is InChI=1S/C22H26ClN9O/c1-27-21(33)22(10-24)13-5-6-32(9-14(13)22)16-7-28-19(20(26)29-16)18(25)11-3-4-15-12(17(11)23)8-31(2)30-15/h3-4,7-8,13-14,25H,5-6,9-10,24H2,1-2H3,(H2,26,29)(H,27,33). The van der Waals surface area contributed by atoms with E-state index in [0.29, 0.717) is 35.4 Å². The number of nitrogens with one attached hydrogen (secondary N) is 2. The molecule has 10 nitrogen and oxygen atoms in total. The number of fused-ring (bicyclic) bond motifs is 2. The van der Waals surface area contributed by atoms with Crippen molar-refractivity contribution in [1.29, 1.82) is 5.41 Å². The maximum atomic E-state index is 12.5. The Morgan fingerprint density at radius 2 is 2.18 bits per heavy atom. The lowest BCUT2D eigenvalue weighted by Gasteiger charge is -2.27. The number of hydrogen-bond acceptors (Lipinski definition) is 8. The fraction of sp³-hybridized carbons (Fsp3) is 0.409. The van der Waals surface area contributed by atoms with E-state index in [9.17, 15) is 4.79 Å². The van der Waals surface area contributed by atoms with Gasteiger partial charge in [0.1, 0.15) is 11.5 Å². The topological polar surface area (TPSA) is 152 Å². The molecule has 1 aromatic carbocycles. The van der Waals surface area contributed by atoms with Gasteiger partial charge in [-0.2, -0.15) is 5.10 Å². The first-order valence-corrected chi connectivity index (χ1v) is 11.2. The summed E-state index contributed by atoms with van der Waals surface area (Å²) < 4.78 is 1.68. The van der Waals surface area contributed by atoms with Gasteiger partial charge in [0, 0.05) is 50.9 Å². The van der Waals surface area contributed by atoms with Crippen LogP contribution in [0.3, 0.4) is 0 Å². The van der Waals surface area contributed by atoms with Gasteiger partial charge in [0.05, 0.1) is 27.9 Å². The molecule has 3 atom stereocenters. The number of anilines is 2. The Morgan fingerprint density at radius 1 is 1.39 bits per heavy atom. The summed E-state index contributed by atoms with van der Waals surface area (Å²) in [7, 11) is 3.47. The number of aryl methyl sites for hydroxylation is 1. The molecule has 5 rings (SSSR count). The monoisotopic (exact) mass is 467 g/mol. The van der Waals surface area contributed by atoms with Crippen molar-refractivity contribution in [2.75, 3.05) is 37.3 Å². The van der Waals surface area contributed by atoms with E-state index in [2.05, 4.69) is 25.3 Å². The van der Waals surface area contributed by atoms with E-state index in [1.165, 1.54) is 0 Å². The lowest BCUT2D eigenvalue weighted by atomic mass is 10.0. The third-order valence-electron chi connectivity index (χ3n) is 7.17. The van der Waals surface area contributed by atoms with Crippen LogP contribution in [0.1, 0.15) is 17.7 Å². The molecule has 33 heavy (non-hydrogen) atoms. The van der Waals surface area contributed by atoms with E-state index in [1.807, 2.05) is 19.3 Å². The van der Waals surface area contributed by atoms with Crippen molar-refractivity contribution < 1.29 is 4.79 Å². The van der Waals surface area contributed by atoms with Crippen molar-refractivity contribution in [3.8, 4) is 0 Å². The summed E-state index contributed by atoms with van der Waals surface area (Å²) in [5.41, 5.74) is 13.4. The molecule has 2 fully saturated rings. The Balaban J connectivity index is 1.39. The molecular weight excluding hydrogens is 442 g/mol. The molecule has 1 saturated carbocycles. The van der Waals surface area contributed by atoms with Crippen molar-refractivity contribution in [3.05, 3.63) is 40.8 Å². The van der Waals surface area contributed by atoms with Crippen molar-refractivity contribution in [1.82, 2.24) is 25.1 Å². The summed E-state index contributed by atoms with van der Waals surface area (Å²) in [6.07, 6.45) is 4.30. The van der Waals surface area contributed by atoms with Gasteiger partial charge in [-0.3, -0.25) is 14.9 Å². The summed E-state index contributed by atoms with van der Waals surface area (Å²) in [6, 6.07) is 3.57. The van der Waals surface area contributed by atoms with Gasteiger partial charge in [-0.25, -0.2) is 9.97 Å². The third-order valence-corrected chi connectivity index (χ3v) is 7.58. The van der Waals surface area contributed by atoms with Crippen molar-refractivity contribution >= 4 is 45.8 Å². The van der Waals surface area contributed by atoms with Crippen LogP contribution in [0.4, 0.5) is 11.6 Å². The average Bonchev–Trinajstić information content (AvgIpc) is 3.31. The number of rotatable bonds is 5. The molecule has 3 heterocycles. The molecule has 2 aliphatic rings. The molecular formula is C22H26ClN9O. The molecule has 0 bridgehead atoms. The summed E-state index contributed by atoms with van der Waals surface area (Å²) >= 11 is 6.57. The van der Waals surface area contributed by atoms with Crippen LogP contribution in [0.25, 0.3) is 10.9 Å². The van der Waals surface area contributed by atoms with Crippen LogP contribution in [-0.4, -0.2) is 58.0 Å². The SMILES string of the molecule is CNC(=O)C1(CN)C2CCN(c3cnc(C(=N)c4ccc5nn(C)cc5c4Cl)c(N)n3)CC21. The zero-order valence-corrected chi connectivity index (χ0v) is 19.2. The zero-order chi connectivity index (χ0) is 23.5. The highest BCUT2D eigenvalue weighted by molar-refractivity contribution is 6.39. The number of benzene rings is 1. The summed E-state index contributed by atoms with van der Waals surface area (Å²) in [5, 5.41) is 17.0. The Labute approximate surface area is 195 Å². The van der Waals surface area contributed by atoms with Crippen LogP contribution in [0, 0.1) is 22.7 Å². The van der Waals surface area contributed by atoms with Crippen LogP contribution in [0.15, 0.2) is 24.5 Å². The van der Waals surface area contributed by atoms with E-state index in [0.717, 1.165) is 23.9 Å². The number of carbonyl (C=O) groups is 1. The number of amides is 1. The second-order valence-electron chi connectivity index (χ2n) is 8.77. The average molecular weight is 468 g/mol. The molecule has 1 saturated heterocycles. The van der Waals surface area contributed by atoms with E-state index in [-0.39, 0.29) is 29.0 Å². The van der Waals surface area contributed by atoms with Gasteiger partial charge in [-0.05, 0) is 30.4 Å². The first kappa shape index (κ1) is 21.6. The predicted octanol–water partition coefficient (Wildman–Crippen LogP) is 1.16. The van der Waals surface area contributed by atoms with Gasteiger partial charge >= 0.3 is 0 Å². The molecule has 3 aromatic rings. The molecule has 11 heteroatoms. The molecule has 0 radical (unpaired) electrons. The molecule has 0 spiro atoms. The molecule has 1 amide bonds. The van der Waals surface area contributed by atoms with Gasteiger partial charge < -0.3 is 21.7 Å². The largest absolute Gasteiger partial charge is 0.382 e. The number of piperidine rings is 1.